The molecule has 1 unspecified atom stereocenters. The summed E-state index contributed by atoms with van der Waals surface area (Å²) in [6.07, 6.45) is 6.42. The summed E-state index contributed by atoms with van der Waals surface area (Å²) in [7, 11) is 4.49. The van der Waals surface area contributed by atoms with Crippen LogP contribution in [0, 0.1) is 0 Å². The fourth-order valence-electron chi connectivity index (χ4n) is 3.75. The molecule has 0 radical (unpaired) electrons. The van der Waals surface area contributed by atoms with Gasteiger partial charge in [-0.05, 0) is 51.0 Å². The van der Waals surface area contributed by atoms with Crippen molar-refractivity contribution >= 4 is 0 Å². The van der Waals surface area contributed by atoms with Crippen LogP contribution >= 0.6 is 0 Å². The maximum atomic E-state index is 3.76. The van der Waals surface area contributed by atoms with Gasteiger partial charge in [-0.1, -0.05) is 51.0 Å². The van der Waals surface area contributed by atoms with Gasteiger partial charge >= 0.3 is 0 Å². The van der Waals surface area contributed by atoms with Crippen LogP contribution < -0.4 is 5.32 Å². The van der Waals surface area contributed by atoms with Gasteiger partial charge in [-0.3, -0.25) is 0 Å². The highest BCUT2D eigenvalue weighted by Crippen LogP contribution is 2.43. The number of nitrogens with zero attached hydrogens (tertiary/aromatic N) is 1. The Morgan fingerprint density at radius 1 is 1.10 bits per heavy atom. The molecule has 20 heavy (non-hydrogen) atoms. The van der Waals surface area contributed by atoms with E-state index in [1.54, 1.807) is 0 Å². The van der Waals surface area contributed by atoms with Crippen LogP contribution in [0.5, 0.6) is 0 Å². The molecule has 1 aromatic carbocycles. The van der Waals surface area contributed by atoms with Crippen LogP contribution in [0.25, 0.3) is 0 Å². The Kier molecular flexibility index (Phi) is 5.22. The summed E-state index contributed by atoms with van der Waals surface area (Å²) in [5.74, 6) is 0. The monoisotopic (exact) mass is 274 g/mol. The zero-order valence-corrected chi connectivity index (χ0v) is 13.6. The summed E-state index contributed by atoms with van der Waals surface area (Å²) in [5.41, 5.74) is 3.15. The van der Waals surface area contributed by atoms with E-state index < -0.39 is 0 Å². The van der Waals surface area contributed by atoms with E-state index in [1.807, 2.05) is 0 Å². The number of nitrogens with one attached hydrogen (secondary N) is 1. The first kappa shape index (κ1) is 15.5. The largest absolute Gasteiger partial charge is 0.309 e. The summed E-state index contributed by atoms with van der Waals surface area (Å²) in [6, 6.07) is 9.68. The number of hydrogen-bond donors (Lipinski definition) is 1. The second kappa shape index (κ2) is 6.73. The molecule has 1 atom stereocenters. The van der Waals surface area contributed by atoms with Gasteiger partial charge in [0.2, 0.25) is 0 Å². The average Bonchev–Trinajstić information content (AvgIpc) is 2.95. The third-order valence-electron chi connectivity index (χ3n) is 5.03. The van der Waals surface area contributed by atoms with Crippen LogP contribution in [0.4, 0.5) is 0 Å². The first-order valence-electron chi connectivity index (χ1n) is 8.13. The van der Waals surface area contributed by atoms with E-state index in [9.17, 15) is 0 Å². The molecule has 2 rings (SSSR count). The molecule has 0 aromatic heterocycles. The van der Waals surface area contributed by atoms with E-state index in [2.05, 4.69) is 62.4 Å². The van der Waals surface area contributed by atoms with Crippen LogP contribution in [0.15, 0.2) is 24.3 Å². The Labute approximate surface area is 124 Å². The maximum Gasteiger partial charge on any atom is 0.0506 e. The number of likely N-dealkylation sites (N-methyl/N-ethyl adjacent to an activating group) is 2. The van der Waals surface area contributed by atoms with Gasteiger partial charge in [0.1, 0.15) is 0 Å². The zero-order chi connectivity index (χ0) is 14.6. The lowest BCUT2D eigenvalue weighted by Crippen LogP contribution is -2.52. The molecule has 0 saturated heterocycles. The Morgan fingerprint density at radius 2 is 1.70 bits per heavy atom. The predicted molar refractivity (Wildman–Crippen MR) is 87.1 cm³/mol. The highest BCUT2D eigenvalue weighted by Gasteiger charge is 2.43. The van der Waals surface area contributed by atoms with E-state index in [-0.39, 0.29) is 5.54 Å². The van der Waals surface area contributed by atoms with Gasteiger partial charge in [-0.2, -0.15) is 0 Å². The van der Waals surface area contributed by atoms with Crippen LogP contribution in [0.3, 0.4) is 0 Å². The van der Waals surface area contributed by atoms with E-state index >= 15 is 0 Å². The van der Waals surface area contributed by atoms with Gasteiger partial charge in [-0.25, -0.2) is 0 Å². The molecule has 1 aliphatic carbocycles. The smallest absolute Gasteiger partial charge is 0.0506 e. The molecule has 0 bridgehead atoms. The third-order valence-corrected chi connectivity index (χ3v) is 5.03. The molecular formula is C18H30N2. The SMILES string of the molecule is CCNC(c1ccc(CC)cc1)C1(N(C)C)CCCC1. The lowest BCUT2D eigenvalue weighted by molar-refractivity contribution is 0.105. The van der Waals surface area contributed by atoms with Crippen LogP contribution in [-0.4, -0.2) is 31.1 Å². The second-order valence-corrected chi connectivity index (χ2v) is 6.29. The topological polar surface area (TPSA) is 15.3 Å². The van der Waals surface area contributed by atoms with Crippen molar-refractivity contribution in [1.82, 2.24) is 10.2 Å². The van der Waals surface area contributed by atoms with E-state index in [4.69, 9.17) is 0 Å². The summed E-state index contributed by atoms with van der Waals surface area (Å²) in [6.45, 7) is 5.45. The first-order chi connectivity index (χ1) is 9.64. The summed E-state index contributed by atoms with van der Waals surface area (Å²) < 4.78 is 0. The Balaban J connectivity index is 2.33. The van der Waals surface area contributed by atoms with Crippen molar-refractivity contribution < 1.29 is 0 Å². The minimum absolute atomic E-state index is 0.281. The molecule has 1 N–H and O–H groups in total. The van der Waals surface area contributed by atoms with Crippen molar-refractivity contribution in [3.63, 3.8) is 0 Å². The normalized spacial score (nSPS) is 19.4. The average molecular weight is 274 g/mol. The van der Waals surface area contributed by atoms with Gasteiger partial charge in [0, 0.05) is 5.54 Å². The van der Waals surface area contributed by atoms with Crippen LogP contribution in [0.2, 0.25) is 0 Å². The van der Waals surface area contributed by atoms with E-state index in [1.165, 1.54) is 36.8 Å². The van der Waals surface area contributed by atoms with E-state index in [0.29, 0.717) is 6.04 Å². The van der Waals surface area contributed by atoms with Gasteiger partial charge in [0.05, 0.1) is 6.04 Å². The summed E-state index contributed by atoms with van der Waals surface area (Å²) in [5, 5.41) is 3.76. The fraction of sp³-hybridized carbons (Fsp3) is 0.667. The van der Waals surface area contributed by atoms with Crippen molar-refractivity contribution in [2.45, 2.75) is 57.5 Å². The highest BCUT2D eigenvalue weighted by atomic mass is 15.2. The van der Waals surface area contributed by atoms with Gasteiger partial charge in [-0.15, -0.1) is 0 Å². The number of benzene rings is 1. The quantitative estimate of drug-likeness (QED) is 0.849. The van der Waals surface area contributed by atoms with Crippen LogP contribution in [0.1, 0.15) is 56.7 Å². The van der Waals surface area contributed by atoms with Crippen molar-refractivity contribution in [2.75, 3.05) is 20.6 Å². The van der Waals surface area contributed by atoms with Gasteiger partial charge in [0.25, 0.3) is 0 Å². The summed E-state index contributed by atoms with van der Waals surface area (Å²) >= 11 is 0. The molecule has 2 heteroatoms. The molecule has 0 spiro atoms. The van der Waals surface area contributed by atoms with Crippen molar-refractivity contribution in [3.8, 4) is 0 Å². The maximum absolute atomic E-state index is 3.76. The number of rotatable bonds is 6. The van der Waals surface area contributed by atoms with Crippen LogP contribution in [-0.2, 0) is 6.42 Å². The lowest BCUT2D eigenvalue weighted by Gasteiger charge is -2.44. The molecule has 1 aromatic rings. The Morgan fingerprint density at radius 3 is 2.15 bits per heavy atom. The molecule has 1 aliphatic rings. The molecule has 0 amide bonds. The van der Waals surface area contributed by atoms with Crippen molar-refractivity contribution in [2.24, 2.45) is 0 Å². The molecule has 1 saturated carbocycles. The zero-order valence-electron chi connectivity index (χ0n) is 13.6. The number of hydrogen-bond acceptors (Lipinski definition) is 2. The molecule has 0 heterocycles. The molecular weight excluding hydrogens is 244 g/mol. The second-order valence-electron chi connectivity index (χ2n) is 6.29. The van der Waals surface area contributed by atoms with Crippen molar-refractivity contribution in [1.29, 1.82) is 0 Å². The Bertz CT molecular complexity index is 402. The summed E-state index contributed by atoms with van der Waals surface area (Å²) in [4.78, 5) is 2.46. The van der Waals surface area contributed by atoms with E-state index in [0.717, 1.165) is 13.0 Å². The van der Waals surface area contributed by atoms with Gasteiger partial charge < -0.3 is 10.2 Å². The fourth-order valence-corrected chi connectivity index (χ4v) is 3.75. The van der Waals surface area contributed by atoms with Crippen molar-refractivity contribution in [3.05, 3.63) is 35.4 Å². The molecule has 0 aliphatic heterocycles. The lowest BCUT2D eigenvalue weighted by atomic mass is 9.82. The predicted octanol–water partition coefficient (Wildman–Crippen LogP) is 3.77. The molecule has 1 fully saturated rings. The number of aryl methyl sites for hydroxylation is 1. The minimum Gasteiger partial charge on any atom is -0.309 e. The van der Waals surface area contributed by atoms with Gasteiger partial charge in [0.15, 0.2) is 0 Å². The third kappa shape index (κ3) is 2.91. The minimum atomic E-state index is 0.281. The molecule has 2 nitrogen and oxygen atoms in total. The molecule has 112 valence electrons. The standard InChI is InChI=1S/C18H30N2/c1-5-15-9-11-16(12-10-15)17(19-6-2)18(20(3)4)13-7-8-14-18/h9-12,17,19H,5-8,13-14H2,1-4H3. The first-order valence-corrected chi connectivity index (χ1v) is 8.13. The Hall–Kier alpha value is -0.860. The highest BCUT2D eigenvalue weighted by molar-refractivity contribution is 5.28.